The number of carbonyl (C=O) groups is 1. The topological polar surface area (TPSA) is 67.5 Å². The second kappa shape index (κ2) is 5.13. The van der Waals surface area contributed by atoms with Crippen molar-refractivity contribution in [1.82, 2.24) is 5.32 Å². The Bertz CT molecular complexity index is 273. The molecule has 0 aliphatic heterocycles. The number of hydrogen-bond donors (Lipinski definition) is 2. The molecule has 0 aromatic carbocycles. The molecule has 0 bridgehead atoms. The maximum Gasteiger partial charge on any atom is 0.248 e. The first-order valence-corrected chi connectivity index (χ1v) is 3.89. The molecule has 0 fully saturated rings. The molecule has 1 amide bonds. The van der Waals surface area contributed by atoms with Gasteiger partial charge in [-0.25, -0.2) is 4.99 Å². The minimum atomic E-state index is -0.491. The van der Waals surface area contributed by atoms with E-state index in [1.807, 2.05) is 13.8 Å². The summed E-state index contributed by atoms with van der Waals surface area (Å²) in [6.07, 6.45) is 1.45. The van der Waals surface area contributed by atoms with Crippen LogP contribution in [-0.2, 0) is 4.79 Å². The van der Waals surface area contributed by atoms with E-state index in [1.54, 1.807) is 6.92 Å². The Labute approximate surface area is 78.2 Å². The van der Waals surface area contributed by atoms with Crippen LogP contribution in [0.1, 0.15) is 20.8 Å². The van der Waals surface area contributed by atoms with Crippen LogP contribution in [0.15, 0.2) is 29.2 Å². The van der Waals surface area contributed by atoms with Gasteiger partial charge in [0.05, 0.1) is 5.57 Å². The summed E-state index contributed by atoms with van der Waals surface area (Å²) in [7, 11) is 0. The average Bonchev–Trinajstić information content (AvgIpc) is 2.01. The summed E-state index contributed by atoms with van der Waals surface area (Å²) < 4.78 is 0. The molecule has 72 valence electrons. The first-order chi connectivity index (χ1) is 5.99. The SMILES string of the molecule is C=CN/C(N=C(C)C)=C(\C)C(N)=O. The summed E-state index contributed by atoms with van der Waals surface area (Å²) in [6.45, 7) is 8.76. The van der Waals surface area contributed by atoms with E-state index >= 15 is 0 Å². The van der Waals surface area contributed by atoms with Gasteiger partial charge in [0.25, 0.3) is 0 Å². The fourth-order valence-corrected chi connectivity index (χ4v) is 0.661. The number of amides is 1. The van der Waals surface area contributed by atoms with Gasteiger partial charge in [0.1, 0.15) is 5.82 Å². The van der Waals surface area contributed by atoms with Gasteiger partial charge in [-0.05, 0) is 27.0 Å². The maximum atomic E-state index is 10.8. The van der Waals surface area contributed by atoms with E-state index in [9.17, 15) is 4.79 Å². The van der Waals surface area contributed by atoms with Crippen molar-refractivity contribution in [2.24, 2.45) is 10.7 Å². The molecule has 3 N–H and O–H groups in total. The average molecular weight is 181 g/mol. The smallest absolute Gasteiger partial charge is 0.248 e. The molecule has 4 heteroatoms. The number of rotatable bonds is 4. The van der Waals surface area contributed by atoms with E-state index < -0.39 is 5.91 Å². The van der Waals surface area contributed by atoms with Gasteiger partial charge in [-0.2, -0.15) is 0 Å². The Hall–Kier alpha value is -1.58. The summed E-state index contributed by atoms with van der Waals surface area (Å²) >= 11 is 0. The van der Waals surface area contributed by atoms with E-state index in [4.69, 9.17) is 5.73 Å². The molecule has 0 spiro atoms. The highest BCUT2D eigenvalue weighted by molar-refractivity contribution is 5.92. The zero-order chi connectivity index (χ0) is 10.4. The predicted octanol–water partition coefficient (Wildman–Crippen LogP) is 0.917. The highest BCUT2D eigenvalue weighted by Gasteiger charge is 2.04. The van der Waals surface area contributed by atoms with Crippen LogP contribution in [0, 0.1) is 0 Å². The molecule has 0 atom stereocenters. The van der Waals surface area contributed by atoms with Crippen LogP contribution in [0.4, 0.5) is 0 Å². The number of nitrogens with two attached hydrogens (primary N) is 1. The van der Waals surface area contributed by atoms with Crippen molar-refractivity contribution in [3.8, 4) is 0 Å². The third kappa shape index (κ3) is 4.10. The van der Waals surface area contributed by atoms with Crippen molar-refractivity contribution < 1.29 is 4.79 Å². The maximum absolute atomic E-state index is 10.8. The standard InChI is InChI=1S/C9H15N3O/c1-5-11-9(12-6(2)3)7(4)8(10)13/h5,11H,1H2,2-4H3,(H2,10,13)/b9-7-. The third-order valence-electron chi connectivity index (χ3n) is 1.30. The molecule has 0 saturated carbocycles. The van der Waals surface area contributed by atoms with Gasteiger partial charge in [-0.3, -0.25) is 4.79 Å². The zero-order valence-corrected chi connectivity index (χ0v) is 8.22. The molecule has 0 heterocycles. The van der Waals surface area contributed by atoms with E-state index in [2.05, 4.69) is 16.9 Å². The van der Waals surface area contributed by atoms with Crippen LogP contribution < -0.4 is 11.1 Å². The Kier molecular flexibility index (Phi) is 4.51. The van der Waals surface area contributed by atoms with Crippen LogP contribution in [0.2, 0.25) is 0 Å². The molecule has 0 aliphatic rings. The lowest BCUT2D eigenvalue weighted by Gasteiger charge is -2.04. The summed E-state index contributed by atoms with van der Waals surface area (Å²) in [5, 5.41) is 2.75. The lowest BCUT2D eigenvalue weighted by Crippen LogP contribution is -2.18. The lowest BCUT2D eigenvalue weighted by molar-refractivity contribution is -0.114. The van der Waals surface area contributed by atoms with Crippen LogP contribution in [0.3, 0.4) is 0 Å². The van der Waals surface area contributed by atoms with Crippen LogP contribution in [-0.4, -0.2) is 11.6 Å². The first-order valence-electron chi connectivity index (χ1n) is 3.89. The third-order valence-corrected chi connectivity index (χ3v) is 1.30. The zero-order valence-electron chi connectivity index (χ0n) is 8.22. The van der Waals surface area contributed by atoms with Gasteiger partial charge in [0.2, 0.25) is 5.91 Å². The largest absolute Gasteiger partial charge is 0.366 e. The lowest BCUT2D eigenvalue weighted by atomic mass is 10.3. The summed E-state index contributed by atoms with van der Waals surface area (Å²) in [4.78, 5) is 14.9. The highest BCUT2D eigenvalue weighted by atomic mass is 16.1. The van der Waals surface area contributed by atoms with Crippen molar-refractivity contribution in [3.63, 3.8) is 0 Å². The molecule has 13 heavy (non-hydrogen) atoms. The molecule has 0 aromatic rings. The van der Waals surface area contributed by atoms with Crippen molar-refractivity contribution >= 4 is 11.6 Å². The molecule has 4 nitrogen and oxygen atoms in total. The van der Waals surface area contributed by atoms with Crippen LogP contribution in [0.25, 0.3) is 0 Å². The summed E-state index contributed by atoms with van der Waals surface area (Å²) in [6, 6.07) is 0. The first kappa shape index (κ1) is 11.4. The second-order valence-electron chi connectivity index (χ2n) is 2.75. The van der Waals surface area contributed by atoms with Crippen molar-refractivity contribution in [3.05, 3.63) is 24.2 Å². The number of nitrogens with one attached hydrogen (secondary N) is 1. The summed E-state index contributed by atoms with van der Waals surface area (Å²) in [5.41, 5.74) is 6.33. The minimum Gasteiger partial charge on any atom is -0.366 e. The normalized spacial score (nSPS) is 11.3. The number of aliphatic imine (C=N–C) groups is 1. The fraction of sp³-hybridized carbons (Fsp3) is 0.333. The fourth-order valence-electron chi connectivity index (χ4n) is 0.661. The van der Waals surface area contributed by atoms with Gasteiger partial charge in [-0.1, -0.05) is 6.58 Å². The Morgan fingerprint density at radius 2 is 2.00 bits per heavy atom. The van der Waals surface area contributed by atoms with Gasteiger partial charge in [0, 0.05) is 5.71 Å². The van der Waals surface area contributed by atoms with E-state index in [0.29, 0.717) is 11.4 Å². The van der Waals surface area contributed by atoms with Crippen LogP contribution >= 0.6 is 0 Å². The van der Waals surface area contributed by atoms with E-state index in [1.165, 1.54) is 6.20 Å². The molecule has 0 rings (SSSR count). The Morgan fingerprint density at radius 3 is 2.31 bits per heavy atom. The number of hydrogen-bond acceptors (Lipinski definition) is 3. The minimum absolute atomic E-state index is 0.390. The van der Waals surface area contributed by atoms with Gasteiger partial charge in [-0.15, -0.1) is 0 Å². The Morgan fingerprint density at radius 1 is 1.46 bits per heavy atom. The second-order valence-corrected chi connectivity index (χ2v) is 2.75. The van der Waals surface area contributed by atoms with E-state index in [-0.39, 0.29) is 0 Å². The molecule has 0 aliphatic carbocycles. The molecular weight excluding hydrogens is 166 g/mol. The van der Waals surface area contributed by atoms with Gasteiger partial charge < -0.3 is 11.1 Å². The van der Waals surface area contributed by atoms with Crippen molar-refractivity contribution in [2.45, 2.75) is 20.8 Å². The molecule has 0 saturated heterocycles. The van der Waals surface area contributed by atoms with Gasteiger partial charge in [0.15, 0.2) is 0 Å². The summed E-state index contributed by atoms with van der Waals surface area (Å²) in [5.74, 6) is -0.0446. The number of nitrogens with zero attached hydrogens (tertiary/aromatic N) is 1. The molecular formula is C9H15N3O. The Balaban J connectivity index is 4.99. The van der Waals surface area contributed by atoms with Gasteiger partial charge >= 0.3 is 0 Å². The van der Waals surface area contributed by atoms with Crippen LogP contribution in [0.5, 0.6) is 0 Å². The molecule has 0 aromatic heterocycles. The quantitative estimate of drug-likeness (QED) is 0.500. The van der Waals surface area contributed by atoms with Crippen molar-refractivity contribution in [2.75, 3.05) is 0 Å². The van der Waals surface area contributed by atoms with E-state index in [0.717, 1.165) is 5.71 Å². The molecule has 0 unspecified atom stereocenters. The monoisotopic (exact) mass is 181 g/mol. The number of primary amides is 1. The molecule has 0 radical (unpaired) electrons. The highest BCUT2D eigenvalue weighted by Crippen LogP contribution is 2.02. The predicted molar refractivity (Wildman–Crippen MR) is 54.0 cm³/mol. The number of carbonyl (C=O) groups excluding carboxylic acids is 1. The van der Waals surface area contributed by atoms with Crippen molar-refractivity contribution in [1.29, 1.82) is 0 Å².